The third-order valence-corrected chi connectivity index (χ3v) is 2.37. The van der Waals surface area contributed by atoms with Gasteiger partial charge < -0.3 is 11.1 Å². The highest BCUT2D eigenvalue weighted by Gasteiger charge is 2.15. The molecule has 0 saturated heterocycles. The van der Waals surface area contributed by atoms with E-state index in [-0.39, 0.29) is 16.9 Å². The quantitative estimate of drug-likeness (QED) is 0.611. The number of benzene rings is 1. The maximum Gasteiger partial charge on any atom is 0.270 e. The molecule has 3 N–H and O–H groups in total. The zero-order valence-corrected chi connectivity index (χ0v) is 9.71. The molecule has 1 atom stereocenters. The first-order chi connectivity index (χ1) is 8.49. The number of rotatable bonds is 4. The van der Waals surface area contributed by atoms with Gasteiger partial charge in [0.25, 0.3) is 5.69 Å². The molecule has 18 heavy (non-hydrogen) atoms. The zero-order valence-electron chi connectivity index (χ0n) is 9.71. The lowest BCUT2D eigenvalue weighted by Gasteiger charge is -2.10. The predicted molar refractivity (Wildman–Crippen MR) is 64.7 cm³/mol. The van der Waals surface area contributed by atoms with Crippen LogP contribution in [0.15, 0.2) is 18.2 Å². The molecule has 1 aromatic carbocycles. The van der Waals surface area contributed by atoms with Crippen molar-refractivity contribution in [3.05, 3.63) is 33.9 Å². The lowest BCUT2D eigenvalue weighted by Crippen LogP contribution is -2.35. The molecule has 7 heteroatoms. The lowest BCUT2D eigenvalue weighted by molar-refractivity contribution is -0.384. The van der Waals surface area contributed by atoms with Gasteiger partial charge in [-0.15, -0.1) is 0 Å². The Balaban J connectivity index is 3.01. The maximum absolute atomic E-state index is 11.6. The smallest absolute Gasteiger partial charge is 0.270 e. The average molecular weight is 248 g/mol. The number of nitrogens with two attached hydrogens (primary N) is 1. The van der Waals surface area contributed by atoms with Gasteiger partial charge in [0.15, 0.2) is 0 Å². The Bertz CT molecular complexity index is 522. The van der Waals surface area contributed by atoms with Crippen LogP contribution in [0.1, 0.15) is 18.9 Å². The molecule has 0 saturated carbocycles. The molecule has 0 aromatic heterocycles. The number of anilines is 1. The summed E-state index contributed by atoms with van der Waals surface area (Å²) in [6.07, 6.45) is 0.459. The third kappa shape index (κ3) is 3.02. The molecule has 0 unspecified atom stereocenters. The molecule has 94 valence electrons. The topological polar surface area (TPSA) is 122 Å². The average Bonchev–Trinajstić information content (AvgIpc) is 2.37. The monoisotopic (exact) mass is 248 g/mol. The number of carbonyl (C=O) groups excluding carboxylic acids is 1. The molecule has 0 fully saturated rings. The van der Waals surface area contributed by atoms with Crippen LogP contribution >= 0.6 is 0 Å². The molecular formula is C11H12N4O3. The van der Waals surface area contributed by atoms with Crippen molar-refractivity contribution in [3.8, 4) is 6.07 Å². The summed E-state index contributed by atoms with van der Waals surface area (Å²) in [7, 11) is 0. The van der Waals surface area contributed by atoms with Crippen molar-refractivity contribution in [2.24, 2.45) is 5.73 Å². The highest BCUT2D eigenvalue weighted by molar-refractivity contribution is 5.95. The van der Waals surface area contributed by atoms with E-state index in [1.807, 2.05) is 0 Å². The number of nitro groups is 1. The number of nitriles is 1. The van der Waals surface area contributed by atoms with Crippen LogP contribution in [0.3, 0.4) is 0 Å². The second-order valence-corrected chi connectivity index (χ2v) is 3.60. The molecular weight excluding hydrogens is 236 g/mol. The van der Waals surface area contributed by atoms with Crippen LogP contribution in [0.5, 0.6) is 0 Å². The van der Waals surface area contributed by atoms with Gasteiger partial charge in [0.2, 0.25) is 5.91 Å². The fourth-order valence-electron chi connectivity index (χ4n) is 1.26. The fraction of sp³-hybridized carbons (Fsp3) is 0.273. The molecule has 0 bridgehead atoms. The van der Waals surface area contributed by atoms with Crippen molar-refractivity contribution < 1.29 is 9.72 Å². The van der Waals surface area contributed by atoms with Crippen LogP contribution in [0.4, 0.5) is 11.4 Å². The van der Waals surface area contributed by atoms with E-state index < -0.39 is 16.9 Å². The first-order valence-corrected chi connectivity index (χ1v) is 5.24. The van der Waals surface area contributed by atoms with Gasteiger partial charge in [0.05, 0.1) is 22.2 Å². The molecule has 1 aromatic rings. The highest BCUT2D eigenvalue weighted by Crippen LogP contribution is 2.21. The van der Waals surface area contributed by atoms with Crippen molar-refractivity contribution >= 4 is 17.3 Å². The summed E-state index contributed by atoms with van der Waals surface area (Å²) >= 11 is 0. The lowest BCUT2D eigenvalue weighted by atomic mass is 10.1. The number of nitro benzene ring substituents is 1. The molecule has 0 spiro atoms. The van der Waals surface area contributed by atoms with E-state index in [4.69, 9.17) is 11.0 Å². The Morgan fingerprint density at radius 3 is 2.83 bits per heavy atom. The van der Waals surface area contributed by atoms with Gasteiger partial charge in [-0.05, 0) is 12.5 Å². The van der Waals surface area contributed by atoms with E-state index in [1.165, 1.54) is 12.1 Å². The third-order valence-electron chi connectivity index (χ3n) is 2.37. The first-order valence-electron chi connectivity index (χ1n) is 5.24. The van der Waals surface area contributed by atoms with Crippen LogP contribution < -0.4 is 11.1 Å². The molecule has 0 aliphatic rings. The van der Waals surface area contributed by atoms with Gasteiger partial charge in [-0.2, -0.15) is 5.26 Å². The number of nitrogens with one attached hydrogen (secondary N) is 1. The minimum Gasteiger partial charge on any atom is -0.324 e. The molecule has 0 heterocycles. The Morgan fingerprint density at radius 2 is 2.33 bits per heavy atom. The van der Waals surface area contributed by atoms with Gasteiger partial charge in [0, 0.05) is 12.1 Å². The number of hydrogen-bond acceptors (Lipinski definition) is 5. The molecule has 7 nitrogen and oxygen atoms in total. The van der Waals surface area contributed by atoms with Gasteiger partial charge >= 0.3 is 0 Å². The van der Waals surface area contributed by atoms with Crippen LogP contribution in [0.25, 0.3) is 0 Å². The minimum absolute atomic E-state index is 0.0286. The summed E-state index contributed by atoms with van der Waals surface area (Å²) in [6, 6.07) is 4.76. The van der Waals surface area contributed by atoms with Crippen molar-refractivity contribution in [2.75, 3.05) is 5.32 Å². The van der Waals surface area contributed by atoms with Crippen LogP contribution in [0.2, 0.25) is 0 Å². The van der Waals surface area contributed by atoms with E-state index >= 15 is 0 Å². The predicted octanol–water partition coefficient (Wildman–Crippen LogP) is 1.14. The van der Waals surface area contributed by atoms with E-state index in [9.17, 15) is 14.9 Å². The Labute approximate surface area is 103 Å². The summed E-state index contributed by atoms with van der Waals surface area (Å²) in [5.74, 6) is -0.428. The van der Waals surface area contributed by atoms with E-state index in [1.54, 1.807) is 13.0 Å². The van der Waals surface area contributed by atoms with E-state index in [0.717, 1.165) is 6.07 Å². The Morgan fingerprint density at radius 1 is 1.67 bits per heavy atom. The number of non-ortho nitro benzene ring substituents is 1. The van der Waals surface area contributed by atoms with Crippen molar-refractivity contribution in [2.45, 2.75) is 19.4 Å². The summed E-state index contributed by atoms with van der Waals surface area (Å²) in [4.78, 5) is 21.5. The van der Waals surface area contributed by atoms with Gasteiger partial charge in [-0.3, -0.25) is 14.9 Å². The second kappa shape index (κ2) is 5.75. The maximum atomic E-state index is 11.6. The SMILES string of the molecule is CC[C@@H](N)C(=O)Nc1ccc([N+](=O)[O-])cc1C#N. The number of carbonyl (C=O) groups is 1. The minimum atomic E-state index is -0.674. The summed E-state index contributed by atoms with van der Waals surface area (Å²) < 4.78 is 0. The fourth-order valence-corrected chi connectivity index (χ4v) is 1.26. The van der Waals surface area contributed by atoms with Crippen LogP contribution in [0, 0.1) is 21.4 Å². The molecule has 0 radical (unpaired) electrons. The van der Waals surface area contributed by atoms with E-state index in [2.05, 4.69) is 5.32 Å². The van der Waals surface area contributed by atoms with Crippen molar-refractivity contribution in [1.82, 2.24) is 0 Å². The van der Waals surface area contributed by atoms with Gasteiger partial charge in [0.1, 0.15) is 6.07 Å². The molecule has 0 aliphatic carbocycles. The number of hydrogen-bond donors (Lipinski definition) is 2. The number of amides is 1. The summed E-state index contributed by atoms with van der Waals surface area (Å²) in [6.45, 7) is 1.76. The largest absolute Gasteiger partial charge is 0.324 e. The Hall–Kier alpha value is -2.46. The number of nitrogens with zero attached hydrogens (tertiary/aromatic N) is 2. The first kappa shape index (κ1) is 13.6. The molecule has 1 rings (SSSR count). The molecule has 1 amide bonds. The van der Waals surface area contributed by atoms with Crippen molar-refractivity contribution in [3.63, 3.8) is 0 Å². The molecule has 0 aliphatic heterocycles. The Kier molecular flexibility index (Phi) is 4.34. The van der Waals surface area contributed by atoms with Crippen LogP contribution in [-0.2, 0) is 4.79 Å². The second-order valence-electron chi connectivity index (χ2n) is 3.60. The zero-order chi connectivity index (χ0) is 13.7. The van der Waals surface area contributed by atoms with Crippen molar-refractivity contribution in [1.29, 1.82) is 5.26 Å². The highest BCUT2D eigenvalue weighted by atomic mass is 16.6. The standard InChI is InChI=1S/C11H12N4O3/c1-2-9(13)11(16)14-10-4-3-8(15(17)18)5-7(10)6-12/h3-5,9H,2,13H2,1H3,(H,14,16)/t9-/m1/s1. The van der Waals surface area contributed by atoms with Crippen LogP contribution in [-0.4, -0.2) is 16.9 Å². The van der Waals surface area contributed by atoms with Gasteiger partial charge in [-0.1, -0.05) is 6.92 Å². The summed E-state index contributed by atoms with van der Waals surface area (Å²) in [5, 5.41) is 21.9. The van der Waals surface area contributed by atoms with E-state index in [0.29, 0.717) is 6.42 Å². The normalized spacial score (nSPS) is 11.4. The summed E-state index contributed by atoms with van der Waals surface area (Å²) in [5.41, 5.74) is 5.57. The van der Waals surface area contributed by atoms with Gasteiger partial charge in [-0.25, -0.2) is 0 Å².